The molecule has 2 heterocycles. The van der Waals surface area contributed by atoms with Crippen LogP contribution >= 0.6 is 0 Å². The summed E-state index contributed by atoms with van der Waals surface area (Å²) in [5, 5.41) is 6.55. The predicted octanol–water partition coefficient (Wildman–Crippen LogP) is 2.00. The summed E-state index contributed by atoms with van der Waals surface area (Å²) in [4.78, 5) is 15.1. The lowest BCUT2D eigenvalue weighted by atomic mass is 9.75. The molecule has 1 amide bonds. The molecular formula is C17H33N3O. The first-order chi connectivity index (χ1) is 10.1. The zero-order valence-electron chi connectivity index (χ0n) is 14.1. The van der Waals surface area contributed by atoms with Crippen molar-refractivity contribution in [3.05, 3.63) is 0 Å². The third-order valence-corrected chi connectivity index (χ3v) is 5.59. The van der Waals surface area contributed by atoms with Crippen molar-refractivity contribution >= 4 is 5.91 Å². The predicted molar refractivity (Wildman–Crippen MR) is 87.3 cm³/mol. The first kappa shape index (κ1) is 16.8. The van der Waals surface area contributed by atoms with E-state index in [0.29, 0.717) is 5.92 Å². The van der Waals surface area contributed by atoms with E-state index < -0.39 is 0 Å². The molecule has 2 aliphatic heterocycles. The molecule has 0 aromatic heterocycles. The second kappa shape index (κ2) is 7.59. The van der Waals surface area contributed by atoms with E-state index in [0.717, 1.165) is 45.1 Å². The molecule has 2 N–H and O–H groups in total. The van der Waals surface area contributed by atoms with Gasteiger partial charge in [-0.1, -0.05) is 20.3 Å². The van der Waals surface area contributed by atoms with Gasteiger partial charge in [-0.15, -0.1) is 0 Å². The van der Waals surface area contributed by atoms with Gasteiger partial charge in [0.25, 0.3) is 0 Å². The van der Waals surface area contributed by atoms with Crippen LogP contribution in [-0.2, 0) is 4.79 Å². The molecule has 21 heavy (non-hydrogen) atoms. The Labute approximate surface area is 130 Å². The fourth-order valence-electron chi connectivity index (χ4n) is 3.81. The molecule has 122 valence electrons. The molecule has 0 radical (unpaired) electrons. The Kier molecular flexibility index (Phi) is 6.06. The molecule has 0 aromatic carbocycles. The van der Waals surface area contributed by atoms with Crippen molar-refractivity contribution in [1.82, 2.24) is 15.5 Å². The summed E-state index contributed by atoms with van der Waals surface area (Å²) < 4.78 is 0. The zero-order chi connectivity index (χ0) is 15.3. The van der Waals surface area contributed by atoms with Crippen molar-refractivity contribution in [1.29, 1.82) is 0 Å². The van der Waals surface area contributed by atoms with Crippen LogP contribution in [0.15, 0.2) is 0 Å². The molecule has 2 saturated heterocycles. The summed E-state index contributed by atoms with van der Waals surface area (Å²) in [6.07, 6.45) is 6.07. The second-order valence-corrected chi connectivity index (χ2v) is 7.23. The van der Waals surface area contributed by atoms with E-state index in [1.54, 1.807) is 0 Å². The highest BCUT2D eigenvalue weighted by atomic mass is 16.2. The summed E-state index contributed by atoms with van der Waals surface area (Å²) in [6.45, 7) is 11.6. The van der Waals surface area contributed by atoms with Gasteiger partial charge in [0.2, 0.25) is 5.91 Å². The number of nitrogens with zero attached hydrogens (tertiary/aromatic N) is 1. The molecule has 2 aliphatic rings. The fourth-order valence-corrected chi connectivity index (χ4v) is 3.81. The molecule has 2 unspecified atom stereocenters. The summed E-state index contributed by atoms with van der Waals surface area (Å²) >= 11 is 0. The Balaban J connectivity index is 1.71. The van der Waals surface area contributed by atoms with Crippen LogP contribution < -0.4 is 10.6 Å². The molecule has 2 fully saturated rings. The van der Waals surface area contributed by atoms with Gasteiger partial charge in [-0.05, 0) is 51.6 Å². The summed E-state index contributed by atoms with van der Waals surface area (Å²) in [5.41, 5.74) is -0.182. The van der Waals surface area contributed by atoms with Gasteiger partial charge in [-0.25, -0.2) is 0 Å². The van der Waals surface area contributed by atoms with E-state index in [4.69, 9.17) is 0 Å². The molecule has 2 rings (SSSR count). The van der Waals surface area contributed by atoms with E-state index >= 15 is 0 Å². The molecular weight excluding hydrogens is 262 g/mol. The largest absolute Gasteiger partial charge is 0.356 e. The molecule has 0 bridgehead atoms. The van der Waals surface area contributed by atoms with Crippen LogP contribution in [0.25, 0.3) is 0 Å². The number of carbonyl (C=O) groups excluding carboxylic acids is 1. The number of nitrogens with one attached hydrogen (secondary N) is 2. The number of carbonyl (C=O) groups is 1. The van der Waals surface area contributed by atoms with E-state index in [9.17, 15) is 4.79 Å². The molecule has 4 nitrogen and oxygen atoms in total. The van der Waals surface area contributed by atoms with Crippen molar-refractivity contribution in [2.45, 2.75) is 58.9 Å². The SMILES string of the molecule is CC1CCCCN1CCCNC(=O)C1(C(C)C)CCNC1. The molecule has 0 aliphatic carbocycles. The number of hydrogen-bond donors (Lipinski definition) is 2. The third-order valence-electron chi connectivity index (χ3n) is 5.59. The Hall–Kier alpha value is -0.610. The van der Waals surface area contributed by atoms with Crippen molar-refractivity contribution in [2.24, 2.45) is 11.3 Å². The standard InChI is InChI=1S/C17H33N3O/c1-14(2)17(8-10-18-13-17)16(21)19-9-6-12-20-11-5-4-7-15(20)3/h14-15,18H,4-13H2,1-3H3,(H,19,21). The molecule has 4 heteroatoms. The van der Waals surface area contributed by atoms with E-state index in [1.165, 1.54) is 25.8 Å². The number of amides is 1. The van der Waals surface area contributed by atoms with Gasteiger partial charge >= 0.3 is 0 Å². The number of rotatable bonds is 6. The summed E-state index contributed by atoms with van der Waals surface area (Å²) in [6, 6.07) is 0.718. The van der Waals surface area contributed by atoms with E-state index in [2.05, 4.69) is 36.3 Å². The molecule has 0 spiro atoms. The van der Waals surface area contributed by atoms with Crippen LogP contribution in [0.2, 0.25) is 0 Å². The average molecular weight is 295 g/mol. The summed E-state index contributed by atoms with van der Waals surface area (Å²) in [5.74, 6) is 0.656. The molecule has 0 aromatic rings. The van der Waals surface area contributed by atoms with Gasteiger partial charge in [-0.2, -0.15) is 0 Å². The van der Waals surface area contributed by atoms with Gasteiger partial charge < -0.3 is 15.5 Å². The fraction of sp³-hybridized carbons (Fsp3) is 0.941. The lowest BCUT2D eigenvalue weighted by Gasteiger charge is -2.34. The molecule has 2 atom stereocenters. The highest BCUT2D eigenvalue weighted by molar-refractivity contribution is 5.83. The monoisotopic (exact) mass is 295 g/mol. The number of likely N-dealkylation sites (tertiary alicyclic amines) is 1. The Morgan fingerprint density at radius 3 is 2.86 bits per heavy atom. The number of hydrogen-bond acceptors (Lipinski definition) is 3. The summed E-state index contributed by atoms with van der Waals surface area (Å²) in [7, 11) is 0. The highest BCUT2D eigenvalue weighted by Crippen LogP contribution is 2.34. The maximum Gasteiger partial charge on any atom is 0.227 e. The Bertz CT molecular complexity index is 337. The van der Waals surface area contributed by atoms with E-state index in [1.807, 2.05) is 0 Å². The highest BCUT2D eigenvalue weighted by Gasteiger charge is 2.43. The Morgan fingerprint density at radius 2 is 2.24 bits per heavy atom. The quantitative estimate of drug-likeness (QED) is 0.737. The molecule has 0 saturated carbocycles. The van der Waals surface area contributed by atoms with Gasteiger partial charge in [0.1, 0.15) is 0 Å². The maximum atomic E-state index is 12.6. The van der Waals surface area contributed by atoms with Gasteiger partial charge in [-0.3, -0.25) is 4.79 Å². The van der Waals surface area contributed by atoms with Crippen LogP contribution in [-0.4, -0.2) is 49.6 Å². The maximum absolute atomic E-state index is 12.6. The van der Waals surface area contributed by atoms with Gasteiger partial charge in [0, 0.05) is 25.7 Å². The first-order valence-electron chi connectivity index (χ1n) is 8.79. The van der Waals surface area contributed by atoms with Crippen LogP contribution in [0.1, 0.15) is 52.9 Å². The minimum absolute atomic E-state index is 0.182. The van der Waals surface area contributed by atoms with Crippen LogP contribution in [0.5, 0.6) is 0 Å². The second-order valence-electron chi connectivity index (χ2n) is 7.23. The van der Waals surface area contributed by atoms with Crippen molar-refractivity contribution in [3.8, 4) is 0 Å². The Morgan fingerprint density at radius 1 is 1.43 bits per heavy atom. The average Bonchev–Trinajstić information content (AvgIpc) is 2.96. The van der Waals surface area contributed by atoms with Gasteiger partial charge in [0.15, 0.2) is 0 Å². The minimum atomic E-state index is -0.182. The lowest BCUT2D eigenvalue weighted by Crippen LogP contribution is -2.47. The normalized spacial score (nSPS) is 30.8. The first-order valence-corrected chi connectivity index (χ1v) is 8.79. The third kappa shape index (κ3) is 3.98. The van der Waals surface area contributed by atoms with Crippen LogP contribution in [0.3, 0.4) is 0 Å². The zero-order valence-corrected chi connectivity index (χ0v) is 14.1. The lowest BCUT2D eigenvalue weighted by molar-refractivity contribution is -0.132. The topological polar surface area (TPSA) is 44.4 Å². The number of piperidine rings is 1. The smallest absolute Gasteiger partial charge is 0.227 e. The van der Waals surface area contributed by atoms with E-state index in [-0.39, 0.29) is 11.3 Å². The van der Waals surface area contributed by atoms with Crippen molar-refractivity contribution < 1.29 is 4.79 Å². The van der Waals surface area contributed by atoms with Gasteiger partial charge in [0.05, 0.1) is 5.41 Å². The van der Waals surface area contributed by atoms with Crippen LogP contribution in [0.4, 0.5) is 0 Å². The van der Waals surface area contributed by atoms with Crippen molar-refractivity contribution in [3.63, 3.8) is 0 Å². The van der Waals surface area contributed by atoms with Crippen molar-refractivity contribution in [2.75, 3.05) is 32.7 Å². The minimum Gasteiger partial charge on any atom is -0.356 e. The van der Waals surface area contributed by atoms with Crippen LogP contribution in [0, 0.1) is 11.3 Å².